The van der Waals surface area contributed by atoms with Crippen molar-refractivity contribution < 1.29 is 13.3 Å². The van der Waals surface area contributed by atoms with Crippen LogP contribution in [0.15, 0.2) is 30.3 Å². The summed E-state index contributed by atoms with van der Waals surface area (Å²) < 4.78 is 31.5. The molecular formula is C20H22FIO2S. The minimum Gasteiger partial charge on any atom is -0.493 e. The van der Waals surface area contributed by atoms with E-state index in [2.05, 4.69) is 35.6 Å². The van der Waals surface area contributed by atoms with Gasteiger partial charge in [-0.15, -0.1) is 0 Å². The van der Waals surface area contributed by atoms with Gasteiger partial charge in [0.05, 0.1) is 6.61 Å². The number of rotatable bonds is 6. The summed E-state index contributed by atoms with van der Waals surface area (Å²) in [6, 6.07) is 9.52. The van der Waals surface area contributed by atoms with Crippen molar-refractivity contribution in [3.8, 4) is 16.9 Å². The quantitative estimate of drug-likeness (QED) is 0.321. The van der Waals surface area contributed by atoms with Gasteiger partial charge in [0.15, 0.2) is 0 Å². The molecule has 0 saturated carbocycles. The van der Waals surface area contributed by atoms with Gasteiger partial charge in [0.1, 0.15) is 11.6 Å². The summed E-state index contributed by atoms with van der Waals surface area (Å²) >= 11 is 2.34. The minimum atomic E-state index is -0.785. The van der Waals surface area contributed by atoms with Gasteiger partial charge in [-0.05, 0) is 60.6 Å². The normalized spacial score (nSPS) is 17.4. The molecule has 2 nitrogen and oxygen atoms in total. The Bertz CT molecular complexity index is 807. The molecule has 0 heterocycles. The average molecular weight is 472 g/mol. The molecule has 0 spiro atoms. The zero-order chi connectivity index (χ0) is 18.0. The lowest BCUT2D eigenvalue weighted by Crippen LogP contribution is -2.04. The van der Waals surface area contributed by atoms with Crippen LogP contribution in [-0.2, 0) is 17.2 Å². The van der Waals surface area contributed by atoms with E-state index in [1.165, 1.54) is 0 Å². The van der Waals surface area contributed by atoms with Crippen LogP contribution in [0.3, 0.4) is 0 Å². The molecule has 1 aliphatic rings. The second-order valence-electron chi connectivity index (χ2n) is 6.40. The van der Waals surface area contributed by atoms with Gasteiger partial charge < -0.3 is 4.74 Å². The van der Waals surface area contributed by atoms with E-state index in [-0.39, 0.29) is 9.74 Å². The van der Waals surface area contributed by atoms with Crippen LogP contribution in [0.5, 0.6) is 5.75 Å². The van der Waals surface area contributed by atoms with Crippen LogP contribution >= 0.6 is 22.6 Å². The molecule has 0 N–H and O–H groups in total. The molecule has 1 unspecified atom stereocenters. The van der Waals surface area contributed by atoms with Gasteiger partial charge in [0.25, 0.3) is 0 Å². The maximum atomic E-state index is 14.2. The fourth-order valence-corrected chi connectivity index (χ4v) is 4.93. The van der Waals surface area contributed by atoms with Crippen molar-refractivity contribution in [2.45, 2.75) is 30.1 Å². The fraction of sp³-hybridized carbons (Fsp3) is 0.400. The number of benzene rings is 2. The van der Waals surface area contributed by atoms with E-state index in [9.17, 15) is 8.60 Å². The molecule has 0 saturated heterocycles. The largest absolute Gasteiger partial charge is 0.493 e. The molecule has 25 heavy (non-hydrogen) atoms. The van der Waals surface area contributed by atoms with E-state index in [0.717, 1.165) is 52.8 Å². The third kappa shape index (κ3) is 4.08. The monoisotopic (exact) mass is 472 g/mol. The summed E-state index contributed by atoms with van der Waals surface area (Å²) in [6.07, 6.45) is 4.40. The standard InChI is InChI=1S/C20H22FIO2S/c1-13-14(5-3-6-19(13)24-11-4-12-25(2)23)15-7-9-17(21)20-16(15)8-10-18(20)22/h3,5-7,9,18H,4,8,10-12H2,1-2H3/t18-,25?/m1/s1. The van der Waals surface area contributed by atoms with E-state index in [4.69, 9.17) is 4.74 Å². The molecule has 0 fully saturated rings. The highest BCUT2D eigenvalue weighted by molar-refractivity contribution is 14.1. The summed E-state index contributed by atoms with van der Waals surface area (Å²) in [6.45, 7) is 2.61. The molecule has 3 rings (SSSR count). The summed E-state index contributed by atoms with van der Waals surface area (Å²) in [5.74, 6) is 1.41. The Morgan fingerprint density at radius 1 is 1.28 bits per heavy atom. The van der Waals surface area contributed by atoms with Gasteiger partial charge in [-0.2, -0.15) is 0 Å². The summed E-state index contributed by atoms with van der Waals surface area (Å²) in [7, 11) is -0.785. The summed E-state index contributed by atoms with van der Waals surface area (Å²) in [4.78, 5) is 0. The Labute approximate surface area is 164 Å². The highest BCUT2D eigenvalue weighted by Gasteiger charge is 2.27. The molecule has 0 aliphatic heterocycles. The van der Waals surface area contributed by atoms with Crippen LogP contribution in [0.1, 0.15) is 33.5 Å². The molecule has 0 bridgehead atoms. The molecular weight excluding hydrogens is 450 g/mol. The molecule has 2 aromatic rings. The lowest BCUT2D eigenvalue weighted by molar-refractivity contribution is 0.316. The highest BCUT2D eigenvalue weighted by Crippen LogP contribution is 2.45. The van der Waals surface area contributed by atoms with Crippen molar-refractivity contribution in [1.29, 1.82) is 0 Å². The van der Waals surface area contributed by atoms with E-state index in [1.54, 1.807) is 12.3 Å². The fourth-order valence-electron chi connectivity index (χ4n) is 3.42. The second-order valence-corrected chi connectivity index (χ2v) is 9.46. The number of halogens is 2. The molecule has 0 aromatic heterocycles. The number of alkyl halides is 1. The van der Waals surface area contributed by atoms with Crippen molar-refractivity contribution in [2.24, 2.45) is 0 Å². The lowest BCUT2D eigenvalue weighted by atomic mass is 9.93. The van der Waals surface area contributed by atoms with Gasteiger partial charge in [0, 0.05) is 32.3 Å². The maximum Gasteiger partial charge on any atom is 0.127 e. The first kappa shape index (κ1) is 18.8. The summed E-state index contributed by atoms with van der Waals surface area (Å²) in [5.41, 5.74) is 5.31. The van der Waals surface area contributed by atoms with Gasteiger partial charge in [-0.1, -0.05) is 40.8 Å². The molecule has 5 heteroatoms. The van der Waals surface area contributed by atoms with Crippen molar-refractivity contribution in [3.63, 3.8) is 0 Å². The Hall–Kier alpha value is -0.950. The van der Waals surface area contributed by atoms with Crippen LogP contribution in [0.25, 0.3) is 11.1 Å². The predicted molar refractivity (Wildman–Crippen MR) is 111 cm³/mol. The number of fused-ring (bicyclic) bond motifs is 1. The Balaban J connectivity index is 1.89. The Kier molecular flexibility index (Phi) is 6.15. The van der Waals surface area contributed by atoms with Gasteiger partial charge >= 0.3 is 0 Å². The minimum absolute atomic E-state index is 0.0896. The van der Waals surface area contributed by atoms with Crippen molar-refractivity contribution in [3.05, 3.63) is 52.8 Å². The van der Waals surface area contributed by atoms with Crippen LogP contribution < -0.4 is 4.74 Å². The highest BCUT2D eigenvalue weighted by atomic mass is 127. The first-order valence-electron chi connectivity index (χ1n) is 8.47. The molecule has 2 aromatic carbocycles. The lowest BCUT2D eigenvalue weighted by Gasteiger charge is -2.16. The summed E-state index contributed by atoms with van der Waals surface area (Å²) in [5, 5.41) is 0. The van der Waals surface area contributed by atoms with Crippen molar-refractivity contribution in [1.82, 2.24) is 0 Å². The van der Waals surface area contributed by atoms with E-state index < -0.39 is 10.8 Å². The van der Waals surface area contributed by atoms with Crippen LogP contribution in [0.4, 0.5) is 4.39 Å². The zero-order valence-corrected chi connectivity index (χ0v) is 17.5. The van der Waals surface area contributed by atoms with Crippen molar-refractivity contribution in [2.75, 3.05) is 18.6 Å². The third-order valence-corrected chi connectivity index (χ3v) is 6.78. The first-order chi connectivity index (χ1) is 12.0. The number of ether oxygens (including phenoxy) is 1. The SMILES string of the molecule is Cc1c(OCCCS(C)=O)cccc1-c1ccc(F)c2c1CC[C@H]2I. The van der Waals surface area contributed by atoms with E-state index in [1.807, 2.05) is 18.2 Å². The topological polar surface area (TPSA) is 26.3 Å². The Morgan fingerprint density at radius 3 is 2.84 bits per heavy atom. The van der Waals surface area contributed by atoms with Gasteiger partial charge in [-0.25, -0.2) is 4.39 Å². The maximum absolute atomic E-state index is 14.2. The number of hydrogen-bond donors (Lipinski definition) is 0. The molecule has 0 amide bonds. The predicted octanol–water partition coefficient (Wildman–Crippen LogP) is 5.37. The smallest absolute Gasteiger partial charge is 0.127 e. The molecule has 134 valence electrons. The third-order valence-electron chi connectivity index (χ3n) is 4.67. The van der Waals surface area contributed by atoms with Crippen LogP contribution in [0.2, 0.25) is 0 Å². The first-order valence-corrected chi connectivity index (χ1v) is 11.4. The average Bonchev–Trinajstić information content (AvgIpc) is 2.96. The zero-order valence-electron chi connectivity index (χ0n) is 14.5. The molecule has 1 aliphatic carbocycles. The van der Waals surface area contributed by atoms with Crippen molar-refractivity contribution >= 4 is 33.4 Å². The van der Waals surface area contributed by atoms with E-state index >= 15 is 0 Å². The second kappa shape index (κ2) is 8.16. The van der Waals surface area contributed by atoms with Gasteiger partial charge in [0.2, 0.25) is 0 Å². The molecule has 0 radical (unpaired) electrons. The van der Waals surface area contributed by atoms with Crippen LogP contribution in [-0.4, -0.2) is 22.8 Å². The van der Waals surface area contributed by atoms with Gasteiger partial charge in [-0.3, -0.25) is 4.21 Å². The Morgan fingerprint density at radius 2 is 2.08 bits per heavy atom. The van der Waals surface area contributed by atoms with E-state index in [0.29, 0.717) is 12.4 Å². The van der Waals surface area contributed by atoms with Crippen LogP contribution in [0, 0.1) is 12.7 Å². The molecule has 2 atom stereocenters. The number of hydrogen-bond acceptors (Lipinski definition) is 2.